The Morgan fingerprint density at radius 3 is 1.43 bits per heavy atom. The van der Waals surface area contributed by atoms with Gasteiger partial charge in [-0.15, -0.1) is 0 Å². The first-order chi connectivity index (χ1) is 10.6. The molecule has 7 heteroatoms. The van der Waals surface area contributed by atoms with Crippen LogP contribution in [-0.4, -0.2) is 18.7 Å². The van der Waals surface area contributed by atoms with Gasteiger partial charge in [0.2, 0.25) is 10.4 Å². The maximum atomic E-state index is 10.2. The Hall–Kier alpha value is 1.22. The van der Waals surface area contributed by atoms with E-state index in [1.807, 2.05) is 0 Å². The van der Waals surface area contributed by atoms with E-state index in [1.54, 1.807) is 0 Å². The quantitative estimate of drug-likeness (QED) is 0.128. The fraction of sp³-hybridized carbons (Fsp3) is 1.00. The van der Waals surface area contributed by atoms with Crippen molar-refractivity contribution in [1.29, 1.82) is 0 Å². The zero-order valence-corrected chi connectivity index (χ0v) is 18.7. The van der Waals surface area contributed by atoms with E-state index in [-0.39, 0.29) is 29.6 Å². The second kappa shape index (κ2) is 19.5. The maximum Gasteiger partial charge on any atom is 1.00 e. The third kappa shape index (κ3) is 25.6. The van der Waals surface area contributed by atoms with Crippen LogP contribution in [0.2, 0.25) is 0 Å². The topological polar surface area (TPSA) is 66.4 Å². The van der Waals surface area contributed by atoms with Gasteiger partial charge in [-0.3, -0.25) is 0 Å². The predicted molar refractivity (Wildman–Crippen MR) is 93.6 cm³/mol. The molecule has 0 saturated carbocycles. The summed E-state index contributed by atoms with van der Waals surface area (Å²) in [5.41, 5.74) is 0. The van der Waals surface area contributed by atoms with E-state index in [9.17, 15) is 13.0 Å². The maximum absolute atomic E-state index is 10.2. The molecule has 0 N–H and O–H groups in total. The standard InChI is InChI=1S/C16H34O4S2.Na/c1-2-3-4-5-6-7-8-9-10-11-12-13-14-15-16-21-20-22(17,18)19;/h2-16H2,1H3,(H,17,18,19);/q;+1/p-1. The van der Waals surface area contributed by atoms with Gasteiger partial charge >= 0.3 is 29.6 Å². The van der Waals surface area contributed by atoms with Gasteiger partial charge in [-0.25, -0.2) is 12.0 Å². The number of hydrogen-bond donors (Lipinski definition) is 0. The smallest absolute Gasteiger partial charge is 0.725 e. The summed E-state index contributed by atoms with van der Waals surface area (Å²) in [6.07, 6.45) is 18.1. The predicted octanol–water partition coefficient (Wildman–Crippen LogP) is 2.60. The summed E-state index contributed by atoms with van der Waals surface area (Å²) in [7, 11) is -4.53. The molecule has 23 heavy (non-hydrogen) atoms. The molecule has 0 unspecified atom stereocenters. The Morgan fingerprint density at radius 2 is 1.09 bits per heavy atom. The molecule has 4 nitrogen and oxygen atoms in total. The van der Waals surface area contributed by atoms with E-state index in [2.05, 4.69) is 10.6 Å². The zero-order valence-electron chi connectivity index (χ0n) is 15.1. The number of hydrogen-bond acceptors (Lipinski definition) is 5. The minimum absolute atomic E-state index is 0. The third-order valence-electron chi connectivity index (χ3n) is 3.71. The first-order valence-corrected chi connectivity index (χ1v) is 11.1. The summed E-state index contributed by atoms with van der Waals surface area (Å²) in [5.74, 6) is 0.569. The first kappa shape index (κ1) is 26.4. The molecule has 0 aliphatic rings. The normalized spacial score (nSPS) is 11.4. The molecule has 0 aromatic carbocycles. The van der Waals surface area contributed by atoms with Crippen LogP contribution in [0.4, 0.5) is 0 Å². The average molecular weight is 377 g/mol. The van der Waals surface area contributed by atoms with Gasteiger partial charge < -0.3 is 4.55 Å². The van der Waals surface area contributed by atoms with E-state index >= 15 is 0 Å². The van der Waals surface area contributed by atoms with Crippen molar-refractivity contribution in [2.45, 2.75) is 96.8 Å². The van der Waals surface area contributed by atoms with Crippen molar-refractivity contribution in [3.8, 4) is 0 Å². The van der Waals surface area contributed by atoms with Crippen molar-refractivity contribution in [2.75, 3.05) is 5.75 Å². The van der Waals surface area contributed by atoms with Gasteiger partial charge in [-0.2, -0.15) is 0 Å². The van der Waals surface area contributed by atoms with Crippen LogP contribution < -0.4 is 29.6 Å². The minimum Gasteiger partial charge on any atom is -0.725 e. The van der Waals surface area contributed by atoms with Gasteiger partial charge in [-0.05, 0) is 6.42 Å². The van der Waals surface area contributed by atoms with E-state index < -0.39 is 10.4 Å². The zero-order chi connectivity index (χ0) is 16.5. The molecule has 0 aliphatic heterocycles. The Bertz CT molecular complexity index is 324. The van der Waals surface area contributed by atoms with Gasteiger partial charge in [0.25, 0.3) is 0 Å². The van der Waals surface area contributed by atoms with Crippen molar-refractivity contribution < 1.29 is 46.2 Å². The van der Waals surface area contributed by atoms with Gasteiger partial charge in [0.15, 0.2) is 0 Å². The third-order valence-corrected chi connectivity index (χ3v) is 5.22. The second-order valence-electron chi connectivity index (χ2n) is 5.89. The molecule has 0 aromatic heterocycles. The Balaban J connectivity index is 0. The van der Waals surface area contributed by atoms with Crippen molar-refractivity contribution in [2.24, 2.45) is 0 Å². The molecule has 134 valence electrons. The average Bonchev–Trinajstić information content (AvgIpc) is 2.45. The molecule has 0 atom stereocenters. The summed E-state index contributed by atoms with van der Waals surface area (Å²) in [4.78, 5) is 0. The van der Waals surface area contributed by atoms with Crippen LogP contribution >= 0.6 is 12.0 Å². The first-order valence-electron chi connectivity index (χ1n) is 8.83. The number of rotatable bonds is 17. The fourth-order valence-electron chi connectivity index (χ4n) is 2.45. The molecule has 0 aliphatic carbocycles. The van der Waals surface area contributed by atoms with E-state index in [1.165, 1.54) is 77.0 Å². The van der Waals surface area contributed by atoms with Crippen LogP contribution in [0.5, 0.6) is 0 Å². The summed E-state index contributed by atoms with van der Waals surface area (Å²) < 4.78 is 34.6. The van der Waals surface area contributed by atoms with E-state index in [4.69, 9.17) is 0 Å². The number of unbranched alkanes of at least 4 members (excludes halogenated alkanes) is 13. The van der Waals surface area contributed by atoms with Crippen LogP contribution in [0.15, 0.2) is 0 Å². The van der Waals surface area contributed by atoms with Crippen molar-refractivity contribution >= 4 is 22.4 Å². The molecule has 0 rings (SSSR count). The molecule has 0 radical (unpaired) electrons. The molecule has 0 bridgehead atoms. The molecule has 0 fully saturated rings. The SMILES string of the molecule is CCCCCCCCCCCCCCCCSOS(=O)(=O)[O-].[Na+]. The second-order valence-corrected chi connectivity index (χ2v) is 7.90. The van der Waals surface area contributed by atoms with Gasteiger partial charge in [0.05, 0.1) is 0 Å². The monoisotopic (exact) mass is 376 g/mol. The molecular formula is C16H33NaO4S2. The molecule has 0 amide bonds. The van der Waals surface area contributed by atoms with Crippen molar-refractivity contribution in [1.82, 2.24) is 0 Å². The molecule has 0 saturated heterocycles. The van der Waals surface area contributed by atoms with E-state index in [0.717, 1.165) is 24.9 Å². The molecule has 0 aromatic rings. The Kier molecular flexibility index (Phi) is 22.5. The molecular weight excluding hydrogens is 343 g/mol. The van der Waals surface area contributed by atoms with Crippen molar-refractivity contribution in [3.63, 3.8) is 0 Å². The van der Waals surface area contributed by atoms with E-state index in [0.29, 0.717) is 5.75 Å². The summed E-state index contributed by atoms with van der Waals surface area (Å²) >= 11 is 0.744. The van der Waals surface area contributed by atoms with Gasteiger partial charge in [-0.1, -0.05) is 90.4 Å². The Labute approximate surface area is 170 Å². The molecule has 0 spiro atoms. The van der Waals surface area contributed by atoms with Crippen LogP contribution in [0.3, 0.4) is 0 Å². The van der Waals surface area contributed by atoms with Crippen LogP contribution in [0, 0.1) is 0 Å². The van der Waals surface area contributed by atoms with Gasteiger partial charge in [0.1, 0.15) is 0 Å². The fourth-order valence-corrected chi connectivity index (χ4v) is 3.51. The van der Waals surface area contributed by atoms with Crippen molar-refractivity contribution in [3.05, 3.63) is 0 Å². The summed E-state index contributed by atoms with van der Waals surface area (Å²) in [6, 6.07) is 0. The minimum atomic E-state index is -4.53. The van der Waals surface area contributed by atoms with Crippen LogP contribution in [-0.2, 0) is 14.0 Å². The van der Waals surface area contributed by atoms with Crippen LogP contribution in [0.25, 0.3) is 0 Å². The largest absolute Gasteiger partial charge is 1.00 e. The van der Waals surface area contributed by atoms with Gasteiger partial charge in [0, 0.05) is 17.8 Å². The Morgan fingerprint density at radius 1 is 0.739 bits per heavy atom. The summed E-state index contributed by atoms with van der Waals surface area (Å²) in [6.45, 7) is 2.25. The van der Waals surface area contributed by atoms with Crippen LogP contribution in [0.1, 0.15) is 96.8 Å². The molecule has 0 heterocycles. The summed E-state index contributed by atoms with van der Waals surface area (Å²) in [5, 5.41) is 0.